The average Bonchev–Trinajstić information content (AvgIpc) is 2.34. The van der Waals surface area contributed by atoms with Gasteiger partial charge >= 0.3 is 0 Å². The molecule has 5 heteroatoms. The van der Waals surface area contributed by atoms with E-state index in [-0.39, 0.29) is 41.6 Å². The SMILES string of the molecule is Cc1c(O)ccc(C(=O)CN2C[C@@H](C)O[C@H](C)C2)c1O. The summed E-state index contributed by atoms with van der Waals surface area (Å²) in [5, 5.41) is 19.5. The third kappa shape index (κ3) is 3.11. The third-order valence-corrected chi connectivity index (χ3v) is 3.57. The minimum Gasteiger partial charge on any atom is -0.508 e. The maximum Gasteiger partial charge on any atom is 0.180 e. The molecule has 1 aromatic rings. The van der Waals surface area contributed by atoms with Crippen molar-refractivity contribution < 1.29 is 19.7 Å². The van der Waals surface area contributed by atoms with Crippen molar-refractivity contribution in [2.75, 3.05) is 19.6 Å². The highest BCUT2D eigenvalue weighted by Gasteiger charge is 2.25. The van der Waals surface area contributed by atoms with E-state index in [1.54, 1.807) is 6.92 Å². The van der Waals surface area contributed by atoms with Crippen LogP contribution in [0.15, 0.2) is 12.1 Å². The van der Waals surface area contributed by atoms with E-state index < -0.39 is 0 Å². The van der Waals surface area contributed by atoms with Gasteiger partial charge in [0.2, 0.25) is 0 Å². The first-order valence-electron chi connectivity index (χ1n) is 6.81. The fraction of sp³-hybridized carbons (Fsp3) is 0.533. The molecular formula is C15H21NO4. The van der Waals surface area contributed by atoms with Crippen LogP contribution < -0.4 is 0 Å². The van der Waals surface area contributed by atoms with Gasteiger partial charge in [-0.3, -0.25) is 9.69 Å². The Morgan fingerprint density at radius 3 is 2.50 bits per heavy atom. The van der Waals surface area contributed by atoms with Crippen molar-refractivity contribution in [3.63, 3.8) is 0 Å². The number of carbonyl (C=O) groups is 1. The van der Waals surface area contributed by atoms with Crippen LogP contribution in [0.4, 0.5) is 0 Å². The second kappa shape index (κ2) is 5.81. The van der Waals surface area contributed by atoms with Crippen LogP contribution in [0, 0.1) is 6.92 Å². The van der Waals surface area contributed by atoms with Crippen LogP contribution in [-0.4, -0.2) is 52.7 Å². The number of phenolic OH excluding ortho intramolecular Hbond substituents is 2. The molecule has 0 saturated carbocycles. The fourth-order valence-corrected chi connectivity index (χ4v) is 2.62. The number of benzene rings is 1. The van der Waals surface area contributed by atoms with Crippen LogP contribution >= 0.6 is 0 Å². The van der Waals surface area contributed by atoms with Crippen LogP contribution in [0.2, 0.25) is 0 Å². The molecule has 0 bridgehead atoms. The molecule has 0 aliphatic carbocycles. The van der Waals surface area contributed by atoms with Gasteiger partial charge in [-0.15, -0.1) is 0 Å². The molecule has 1 saturated heterocycles. The van der Waals surface area contributed by atoms with E-state index in [4.69, 9.17) is 4.74 Å². The van der Waals surface area contributed by atoms with Gasteiger partial charge in [0.25, 0.3) is 0 Å². The number of carbonyl (C=O) groups excluding carboxylic acids is 1. The molecule has 110 valence electrons. The predicted octanol–water partition coefficient (Wildman–Crippen LogP) is 1.70. The maximum atomic E-state index is 12.3. The quantitative estimate of drug-likeness (QED) is 0.824. The molecule has 0 radical (unpaired) electrons. The van der Waals surface area contributed by atoms with E-state index in [0.29, 0.717) is 18.7 Å². The van der Waals surface area contributed by atoms with E-state index >= 15 is 0 Å². The number of Topliss-reactive ketones (excluding diaryl/α,β-unsaturated/α-hetero) is 1. The fourth-order valence-electron chi connectivity index (χ4n) is 2.62. The lowest BCUT2D eigenvalue weighted by Crippen LogP contribution is -2.47. The Hall–Kier alpha value is -1.59. The number of aromatic hydroxyl groups is 2. The van der Waals surface area contributed by atoms with Gasteiger partial charge in [0.15, 0.2) is 5.78 Å². The Bertz CT molecular complexity index is 505. The normalized spacial score (nSPS) is 23.8. The smallest absolute Gasteiger partial charge is 0.180 e. The second-order valence-corrected chi connectivity index (χ2v) is 5.48. The summed E-state index contributed by atoms with van der Waals surface area (Å²) in [4.78, 5) is 14.3. The van der Waals surface area contributed by atoms with Crippen LogP contribution in [0.1, 0.15) is 29.8 Å². The first-order chi connectivity index (χ1) is 9.38. The summed E-state index contributed by atoms with van der Waals surface area (Å²) in [6.45, 7) is 7.20. The molecule has 5 nitrogen and oxygen atoms in total. The monoisotopic (exact) mass is 279 g/mol. The first kappa shape index (κ1) is 14.8. The van der Waals surface area contributed by atoms with Crippen LogP contribution in [0.25, 0.3) is 0 Å². The predicted molar refractivity (Wildman–Crippen MR) is 75.3 cm³/mol. The zero-order valence-corrected chi connectivity index (χ0v) is 12.1. The van der Waals surface area contributed by atoms with Crippen LogP contribution in [0.3, 0.4) is 0 Å². The maximum absolute atomic E-state index is 12.3. The molecule has 20 heavy (non-hydrogen) atoms. The Morgan fingerprint density at radius 2 is 1.90 bits per heavy atom. The standard InChI is InChI=1S/C15H21NO4/c1-9-6-16(7-10(2)20-9)8-14(18)12-4-5-13(17)11(3)15(12)19/h4-5,9-10,17,19H,6-8H2,1-3H3/t9-,10-/m1/s1. The van der Waals surface area contributed by atoms with Crippen LogP contribution in [-0.2, 0) is 4.74 Å². The molecule has 2 rings (SSSR count). The molecule has 0 aromatic heterocycles. The van der Waals surface area contributed by atoms with E-state index in [1.165, 1.54) is 12.1 Å². The second-order valence-electron chi connectivity index (χ2n) is 5.48. The molecule has 1 aliphatic rings. The molecule has 0 unspecified atom stereocenters. The summed E-state index contributed by atoms with van der Waals surface area (Å²) < 4.78 is 5.63. The lowest BCUT2D eigenvalue weighted by Gasteiger charge is -2.34. The molecule has 1 aromatic carbocycles. The zero-order valence-electron chi connectivity index (χ0n) is 12.1. The molecule has 1 aliphatic heterocycles. The molecule has 0 amide bonds. The minimum absolute atomic E-state index is 0.00679. The number of hydrogen-bond donors (Lipinski definition) is 2. The number of morpholine rings is 1. The van der Waals surface area contributed by atoms with Crippen molar-refractivity contribution >= 4 is 5.78 Å². The van der Waals surface area contributed by atoms with Gasteiger partial charge < -0.3 is 14.9 Å². The van der Waals surface area contributed by atoms with Crippen molar-refractivity contribution in [1.82, 2.24) is 4.90 Å². The lowest BCUT2D eigenvalue weighted by molar-refractivity contribution is -0.0652. The number of rotatable bonds is 3. The molecule has 2 atom stereocenters. The number of phenols is 2. The van der Waals surface area contributed by atoms with Crippen molar-refractivity contribution in [1.29, 1.82) is 0 Å². The van der Waals surface area contributed by atoms with Crippen LogP contribution in [0.5, 0.6) is 11.5 Å². The van der Waals surface area contributed by atoms with Gasteiger partial charge in [0, 0.05) is 18.7 Å². The Kier molecular flexibility index (Phi) is 4.30. The van der Waals surface area contributed by atoms with E-state index in [2.05, 4.69) is 0 Å². The Balaban J connectivity index is 2.11. The van der Waals surface area contributed by atoms with Gasteiger partial charge in [-0.05, 0) is 32.9 Å². The third-order valence-electron chi connectivity index (χ3n) is 3.57. The highest BCUT2D eigenvalue weighted by molar-refractivity contribution is 6.00. The van der Waals surface area contributed by atoms with Gasteiger partial charge in [-0.2, -0.15) is 0 Å². The molecular weight excluding hydrogens is 258 g/mol. The summed E-state index contributed by atoms with van der Waals surface area (Å²) in [6.07, 6.45) is 0.198. The molecule has 1 fully saturated rings. The van der Waals surface area contributed by atoms with Crippen molar-refractivity contribution in [2.24, 2.45) is 0 Å². The van der Waals surface area contributed by atoms with Crippen molar-refractivity contribution in [3.8, 4) is 11.5 Å². The van der Waals surface area contributed by atoms with E-state index in [9.17, 15) is 15.0 Å². The minimum atomic E-state index is -0.146. The summed E-state index contributed by atoms with van der Waals surface area (Å²) in [6, 6.07) is 2.90. The van der Waals surface area contributed by atoms with E-state index in [1.807, 2.05) is 18.7 Å². The van der Waals surface area contributed by atoms with Gasteiger partial charge in [0.1, 0.15) is 11.5 Å². The first-order valence-corrected chi connectivity index (χ1v) is 6.81. The zero-order chi connectivity index (χ0) is 14.9. The van der Waals surface area contributed by atoms with Gasteiger partial charge in [0.05, 0.1) is 24.3 Å². The number of ether oxygens (including phenoxy) is 1. The summed E-state index contributed by atoms with van der Waals surface area (Å²) >= 11 is 0. The Labute approximate surface area is 118 Å². The largest absolute Gasteiger partial charge is 0.508 e. The number of ketones is 1. The van der Waals surface area contributed by atoms with Crippen molar-refractivity contribution in [3.05, 3.63) is 23.3 Å². The van der Waals surface area contributed by atoms with Crippen molar-refractivity contribution in [2.45, 2.75) is 33.0 Å². The highest BCUT2D eigenvalue weighted by atomic mass is 16.5. The van der Waals surface area contributed by atoms with Gasteiger partial charge in [-0.1, -0.05) is 0 Å². The topological polar surface area (TPSA) is 70.0 Å². The lowest BCUT2D eigenvalue weighted by atomic mass is 10.0. The highest BCUT2D eigenvalue weighted by Crippen LogP contribution is 2.29. The number of hydrogen-bond acceptors (Lipinski definition) is 5. The number of nitrogens with zero attached hydrogens (tertiary/aromatic N) is 1. The van der Waals surface area contributed by atoms with E-state index in [0.717, 1.165) is 0 Å². The molecule has 2 N–H and O–H groups in total. The summed E-state index contributed by atoms with van der Waals surface area (Å²) in [5.74, 6) is -0.288. The summed E-state index contributed by atoms with van der Waals surface area (Å²) in [7, 11) is 0. The molecule has 1 heterocycles. The molecule has 0 spiro atoms. The summed E-state index contributed by atoms with van der Waals surface area (Å²) in [5.41, 5.74) is 0.590. The van der Waals surface area contributed by atoms with Gasteiger partial charge in [-0.25, -0.2) is 0 Å². The average molecular weight is 279 g/mol. The Morgan fingerprint density at radius 1 is 1.30 bits per heavy atom.